The van der Waals surface area contributed by atoms with Crippen LogP contribution in [0.3, 0.4) is 0 Å². The SMILES string of the molecule is CC(C)COc1cccc(NC(=O)C(C)C(N)c2ccccc2)c1.Cl. The van der Waals surface area contributed by atoms with E-state index in [1.54, 1.807) is 0 Å². The van der Waals surface area contributed by atoms with Crippen molar-refractivity contribution in [3.05, 3.63) is 60.2 Å². The van der Waals surface area contributed by atoms with E-state index in [0.29, 0.717) is 18.2 Å². The van der Waals surface area contributed by atoms with E-state index in [-0.39, 0.29) is 30.3 Å². The van der Waals surface area contributed by atoms with Gasteiger partial charge in [0.15, 0.2) is 0 Å². The maximum Gasteiger partial charge on any atom is 0.229 e. The summed E-state index contributed by atoms with van der Waals surface area (Å²) in [5.41, 5.74) is 7.89. The van der Waals surface area contributed by atoms with Crippen molar-refractivity contribution in [1.82, 2.24) is 0 Å². The molecular formula is C20H27ClN2O2. The van der Waals surface area contributed by atoms with Crippen LogP contribution in [0, 0.1) is 11.8 Å². The number of anilines is 1. The van der Waals surface area contributed by atoms with Crippen molar-refractivity contribution in [3.63, 3.8) is 0 Å². The monoisotopic (exact) mass is 362 g/mol. The zero-order valence-electron chi connectivity index (χ0n) is 14.9. The van der Waals surface area contributed by atoms with Crippen LogP contribution >= 0.6 is 12.4 Å². The molecule has 0 spiro atoms. The van der Waals surface area contributed by atoms with Crippen molar-refractivity contribution in [2.45, 2.75) is 26.8 Å². The molecule has 136 valence electrons. The molecule has 0 aliphatic carbocycles. The number of nitrogens with one attached hydrogen (secondary N) is 1. The van der Waals surface area contributed by atoms with Crippen molar-refractivity contribution < 1.29 is 9.53 Å². The lowest BCUT2D eigenvalue weighted by Gasteiger charge is -2.20. The second-order valence-electron chi connectivity index (χ2n) is 6.45. The first kappa shape index (κ1) is 21.0. The Morgan fingerprint density at radius 1 is 1.08 bits per heavy atom. The van der Waals surface area contributed by atoms with Crippen LogP contribution in [0.15, 0.2) is 54.6 Å². The van der Waals surface area contributed by atoms with Crippen LogP contribution in [0.2, 0.25) is 0 Å². The smallest absolute Gasteiger partial charge is 0.229 e. The van der Waals surface area contributed by atoms with Gasteiger partial charge in [0.1, 0.15) is 5.75 Å². The van der Waals surface area contributed by atoms with E-state index in [1.165, 1.54) is 0 Å². The van der Waals surface area contributed by atoms with Gasteiger partial charge in [-0.25, -0.2) is 0 Å². The Bertz CT molecular complexity index is 662. The van der Waals surface area contributed by atoms with Gasteiger partial charge in [-0.1, -0.05) is 57.2 Å². The molecule has 25 heavy (non-hydrogen) atoms. The van der Waals surface area contributed by atoms with E-state index in [2.05, 4.69) is 19.2 Å². The summed E-state index contributed by atoms with van der Waals surface area (Å²) >= 11 is 0. The minimum atomic E-state index is -0.341. The molecule has 0 bridgehead atoms. The average Bonchev–Trinajstić information content (AvgIpc) is 2.59. The third-order valence-corrected chi connectivity index (χ3v) is 3.82. The van der Waals surface area contributed by atoms with Crippen LogP contribution in [-0.2, 0) is 4.79 Å². The summed E-state index contributed by atoms with van der Waals surface area (Å²) in [5, 5.41) is 2.92. The van der Waals surface area contributed by atoms with Gasteiger partial charge in [-0.15, -0.1) is 12.4 Å². The zero-order valence-corrected chi connectivity index (χ0v) is 15.8. The summed E-state index contributed by atoms with van der Waals surface area (Å²) in [6.45, 7) is 6.68. The molecule has 1 amide bonds. The number of hydrogen-bond donors (Lipinski definition) is 2. The Labute approximate surface area is 156 Å². The number of ether oxygens (including phenoxy) is 1. The summed E-state index contributed by atoms with van der Waals surface area (Å²) in [4.78, 5) is 12.5. The molecule has 0 aromatic heterocycles. The molecular weight excluding hydrogens is 336 g/mol. The fourth-order valence-electron chi connectivity index (χ4n) is 2.31. The maximum absolute atomic E-state index is 12.5. The van der Waals surface area contributed by atoms with Crippen molar-refractivity contribution in [3.8, 4) is 5.75 Å². The van der Waals surface area contributed by atoms with Crippen molar-refractivity contribution in [1.29, 1.82) is 0 Å². The third-order valence-electron chi connectivity index (χ3n) is 3.82. The molecule has 2 unspecified atom stereocenters. The first-order valence-electron chi connectivity index (χ1n) is 8.31. The van der Waals surface area contributed by atoms with Gasteiger partial charge in [-0.3, -0.25) is 4.79 Å². The number of benzene rings is 2. The molecule has 0 saturated carbocycles. The Kier molecular flexibility index (Phi) is 8.46. The van der Waals surface area contributed by atoms with Crippen LogP contribution < -0.4 is 15.8 Å². The Balaban J connectivity index is 0.00000312. The van der Waals surface area contributed by atoms with Gasteiger partial charge in [-0.2, -0.15) is 0 Å². The molecule has 2 aromatic carbocycles. The number of carbonyl (C=O) groups excluding carboxylic acids is 1. The first-order chi connectivity index (χ1) is 11.5. The predicted octanol–water partition coefficient (Wildman–Crippen LogP) is 4.42. The van der Waals surface area contributed by atoms with E-state index < -0.39 is 0 Å². The summed E-state index contributed by atoms with van der Waals surface area (Å²) < 4.78 is 5.69. The van der Waals surface area contributed by atoms with Crippen LogP contribution in [0.4, 0.5) is 5.69 Å². The van der Waals surface area contributed by atoms with Crippen molar-refractivity contribution >= 4 is 24.0 Å². The Hall–Kier alpha value is -2.04. The summed E-state index contributed by atoms with van der Waals surface area (Å²) in [6, 6.07) is 16.8. The predicted molar refractivity (Wildman–Crippen MR) is 105 cm³/mol. The number of hydrogen-bond acceptors (Lipinski definition) is 3. The maximum atomic E-state index is 12.5. The van der Waals surface area contributed by atoms with E-state index in [0.717, 1.165) is 11.3 Å². The van der Waals surface area contributed by atoms with E-state index in [1.807, 2.05) is 61.5 Å². The Morgan fingerprint density at radius 2 is 1.76 bits per heavy atom. The lowest BCUT2D eigenvalue weighted by atomic mass is 9.94. The normalized spacial score (nSPS) is 12.8. The van der Waals surface area contributed by atoms with Crippen LogP contribution in [0.1, 0.15) is 32.4 Å². The molecule has 0 radical (unpaired) electrons. The topological polar surface area (TPSA) is 64.3 Å². The second kappa shape index (κ2) is 10.1. The van der Waals surface area contributed by atoms with Gasteiger partial charge in [0, 0.05) is 17.8 Å². The van der Waals surface area contributed by atoms with Gasteiger partial charge in [-0.05, 0) is 23.6 Å². The summed E-state index contributed by atoms with van der Waals surface area (Å²) in [7, 11) is 0. The van der Waals surface area contributed by atoms with E-state index >= 15 is 0 Å². The molecule has 5 heteroatoms. The molecule has 2 atom stereocenters. The molecule has 3 N–H and O–H groups in total. The largest absolute Gasteiger partial charge is 0.493 e. The lowest BCUT2D eigenvalue weighted by molar-refractivity contribution is -0.120. The van der Waals surface area contributed by atoms with Crippen LogP contribution in [0.25, 0.3) is 0 Å². The van der Waals surface area contributed by atoms with E-state index in [9.17, 15) is 4.79 Å². The first-order valence-corrected chi connectivity index (χ1v) is 8.31. The fourth-order valence-corrected chi connectivity index (χ4v) is 2.31. The quantitative estimate of drug-likeness (QED) is 0.766. The number of halogens is 1. The van der Waals surface area contributed by atoms with Gasteiger partial charge >= 0.3 is 0 Å². The average molecular weight is 363 g/mol. The van der Waals surface area contributed by atoms with Crippen LogP contribution in [-0.4, -0.2) is 12.5 Å². The molecule has 0 heterocycles. The fraction of sp³-hybridized carbons (Fsp3) is 0.350. The van der Waals surface area contributed by atoms with Gasteiger partial charge < -0.3 is 15.8 Å². The lowest BCUT2D eigenvalue weighted by Crippen LogP contribution is -2.30. The van der Waals surface area contributed by atoms with Crippen LogP contribution in [0.5, 0.6) is 5.75 Å². The second-order valence-corrected chi connectivity index (χ2v) is 6.45. The highest BCUT2D eigenvalue weighted by atomic mass is 35.5. The minimum Gasteiger partial charge on any atom is -0.493 e. The highest BCUT2D eigenvalue weighted by molar-refractivity contribution is 5.93. The van der Waals surface area contributed by atoms with Gasteiger partial charge in [0.2, 0.25) is 5.91 Å². The number of carbonyl (C=O) groups is 1. The molecule has 2 aromatic rings. The highest BCUT2D eigenvalue weighted by Crippen LogP contribution is 2.22. The standard InChI is InChI=1S/C20H26N2O2.ClH/c1-14(2)13-24-18-11-7-10-17(12-18)22-20(23)15(3)19(21)16-8-5-4-6-9-16;/h4-12,14-15,19H,13,21H2,1-3H3,(H,22,23);1H. The summed E-state index contributed by atoms with van der Waals surface area (Å²) in [6.07, 6.45) is 0. The number of nitrogens with two attached hydrogens (primary N) is 1. The van der Waals surface area contributed by atoms with Gasteiger partial charge in [0.05, 0.1) is 12.5 Å². The van der Waals surface area contributed by atoms with Gasteiger partial charge in [0.25, 0.3) is 0 Å². The Morgan fingerprint density at radius 3 is 2.40 bits per heavy atom. The van der Waals surface area contributed by atoms with Crippen molar-refractivity contribution in [2.75, 3.05) is 11.9 Å². The van der Waals surface area contributed by atoms with Crippen molar-refractivity contribution in [2.24, 2.45) is 17.6 Å². The zero-order chi connectivity index (χ0) is 17.5. The number of amides is 1. The molecule has 4 nitrogen and oxygen atoms in total. The van der Waals surface area contributed by atoms with E-state index in [4.69, 9.17) is 10.5 Å². The molecule has 2 rings (SSSR count). The third kappa shape index (κ3) is 6.40. The molecule has 0 aliphatic heterocycles. The minimum absolute atomic E-state index is 0. The highest BCUT2D eigenvalue weighted by Gasteiger charge is 2.22. The molecule has 0 fully saturated rings. The molecule has 0 saturated heterocycles. The summed E-state index contributed by atoms with van der Waals surface area (Å²) in [5.74, 6) is 0.758. The number of rotatable bonds is 7. The molecule has 0 aliphatic rings.